The molecule has 4 nitrogen and oxygen atoms in total. The molecule has 1 N–H and O–H groups in total. The molecule has 82 valence electrons. The Hall–Kier alpha value is -2.24. The fraction of sp³-hybridized carbons (Fsp3) is 0. The van der Waals surface area contributed by atoms with Crippen LogP contribution in [-0.2, 0) is 0 Å². The monoisotopic (exact) mass is 224 g/mol. The number of nitrogens with one attached hydrogen (secondary N) is 1. The maximum Gasteiger partial charge on any atom is 0.235 e. The lowest BCUT2D eigenvalue weighted by Crippen LogP contribution is -1.84. The van der Waals surface area contributed by atoms with Gasteiger partial charge in [-0.15, -0.1) is 0 Å². The van der Waals surface area contributed by atoms with Crippen molar-refractivity contribution in [2.45, 2.75) is 0 Å². The second-order valence-electron chi connectivity index (χ2n) is 3.16. The van der Waals surface area contributed by atoms with Crippen LogP contribution in [0.4, 0.5) is 8.78 Å². The molecule has 0 amide bonds. The summed E-state index contributed by atoms with van der Waals surface area (Å²) in [5.74, 6) is -1.94. The van der Waals surface area contributed by atoms with Gasteiger partial charge in [-0.3, -0.25) is 10.1 Å². The van der Waals surface area contributed by atoms with Crippen LogP contribution in [0.3, 0.4) is 0 Å². The van der Waals surface area contributed by atoms with Crippen LogP contribution >= 0.6 is 0 Å². The molecule has 6 heteroatoms. The highest BCUT2D eigenvalue weighted by molar-refractivity contribution is 5.88. The molecule has 0 bridgehead atoms. The molecule has 0 unspecified atom stereocenters. The predicted molar refractivity (Wildman–Crippen MR) is 54.2 cm³/mol. The van der Waals surface area contributed by atoms with Crippen LogP contribution in [0.5, 0.6) is 0 Å². The van der Waals surface area contributed by atoms with Gasteiger partial charge in [-0.1, -0.05) is 0 Å². The molecule has 16 heavy (non-hydrogen) atoms. The molecule has 0 saturated heterocycles. The van der Waals surface area contributed by atoms with Crippen molar-refractivity contribution in [3.05, 3.63) is 51.8 Å². The van der Waals surface area contributed by atoms with Gasteiger partial charge in [0.15, 0.2) is 11.6 Å². The number of nitro groups is 1. The standard InChI is InChI=1S/C10H6F2N2O2/c11-8-3-7-6(1-2-14(15)16)5-13-10(7)4-9(8)12/h1-5,13H. The van der Waals surface area contributed by atoms with Gasteiger partial charge in [0, 0.05) is 34.8 Å². The smallest absolute Gasteiger partial charge is 0.235 e. The minimum atomic E-state index is -0.983. The first kappa shape index (κ1) is 10.3. The molecule has 1 heterocycles. The Labute approximate surface area is 88.3 Å². The molecular formula is C10H6F2N2O2. The van der Waals surface area contributed by atoms with E-state index in [0.717, 1.165) is 18.3 Å². The van der Waals surface area contributed by atoms with E-state index in [4.69, 9.17) is 0 Å². The van der Waals surface area contributed by atoms with Crippen molar-refractivity contribution in [3.63, 3.8) is 0 Å². The molecule has 0 aliphatic carbocycles. The van der Waals surface area contributed by atoms with Crippen LogP contribution in [-0.4, -0.2) is 9.91 Å². The van der Waals surface area contributed by atoms with Crippen LogP contribution < -0.4 is 0 Å². The van der Waals surface area contributed by atoms with Crippen molar-refractivity contribution in [2.75, 3.05) is 0 Å². The molecule has 1 aromatic heterocycles. The highest BCUT2D eigenvalue weighted by Gasteiger charge is 2.08. The molecule has 0 atom stereocenters. The Morgan fingerprint density at radius 3 is 2.69 bits per heavy atom. The zero-order valence-electron chi connectivity index (χ0n) is 7.91. The van der Waals surface area contributed by atoms with Crippen LogP contribution in [0.15, 0.2) is 24.5 Å². The van der Waals surface area contributed by atoms with Crippen molar-refractivity contribution in [1.82, 2.24) is 4.98 Å². The molecule has 0 saturated carbocycles. The molecule has 0 radical (unpaired) electrons. The van der Waals surface area contributed by atoms with Gasteiger partial charge in [0.2, 0.25) is 6.20 Å². The zero-order chi connectivity index (χ0) is 11.7. The lowest BCUT2D eigenvalue weighted by molar-refractivity contribution is -0.400. The summed E-state index contributed by atoms with van der Waals surface area (Å²) in [7, 11) is 0. The largest absolute Gasteiger partial charge is 0.360 e. The van der Waals surface area contributed by atoms with Gasteiger partial charge >= 0.3 is 0 Å². The molecule has 2 rings (SSSR count). The van der Waals surface area contributed by atoms with E-state index in [1.54, 1.807) is 0 Å². The van der Waals surface area contributed by atoms with Crippen molar-refractivity contribution >= 4 is 17.0 Å². The minimum absolute atomic E-state index is 0.391. The van der Waals surface area contributed by atoms with Crippen molar-refractivity contribution in [3.8, 4) is 0 Å². The first-order valence-corrected chi connectivity index (χ1v) is 4.36. The van der Waals surface area contributed by atoms with Gasteiger partial charge in [-0.25, -0.2) is 8.78 Å². The third kappa shape index (κ3) is 1.77. The number of aromatic nitrogens is 1. The average Bonchev–Trinajstić information content (AvgIpc) is 2.58. The van der Waals surface area contributed by atoms with Gasteiger partial charge < -0.3 is 4.98 Å². The summed E-state index contributed by atoms with van der Waals surface area (Å²) in [6, 6.07) is 2.01. The van der Waals surface area contributed by atoms with E-state index >= 15 is 0 Å². The third-order valence-electron chi connectivity index (χ3n) is 2.13. The normalized spacial score (nSPS) is 11.4. The number of benzene rings is 1. The first-order chi connectivity index (χ1) is 7.58. The highest BCUT2D eigenvalue weighted by atomic mass is 19.2. The van der Waals surface area contributed by atoms with E-state index in [2.05, 4.69) is 4.98 Å². The maximum atomic E-state index is 13.0. The van der Waals surface area contributed by atoms with E-state index in [9.17, 15) is 18.9 Å². The zero-order valence-corrected chi connectivity index (χ0v) is 7.91. The summed E-state index contributed by atoms with van der Waals surface area (Å²) in [4.78, 5) is 12.2. The highest BCUT2D eigenvalue weighted by Crippen LogP contribution is 2.22. The van der Waals surface area contributed by atoms with Crippen molar-refractivity contribution < 1.29 is 13.7 Å². The molecule has 0 spiro atoms. The van der Waals surface area contributed by atoms with E-state index in [0.29, 0.717) is 16.5 Å². The number of halogens is 2. The van der Waals surface area contributed by atoms with E-state index < -0.39 is 16.6 Å². The molecule has 1 aromatic carbocycles. The lowest BCUT2D eigenvalue weighted by atomic mass is 10.1. The van der Waals surface area contributed by atoms with Gasteiger partial charge in [0.25, 0.3) is 0 Å². The summed E-state index contributed by atoms with van der Waals surface area (Å²) in [6.45, 7) is 0. The lowest BCUT2D eigenvalue weighted by Gasteiger charge is -1.94. The quantitative estimate of drug-likeness (QED) is 0.629. The van der Waals surface area contributed by atoms with Gasteiger partial charge in [0.1, 0.15) is 0 Å². The summed E-state index contributed by atoms with van der Waals surface area (Å²) in [5, 5.41) is 10.5. The Balaban J connectivity index is 2.56. The number of nitrogens with zero attached hydrogens (tertiary/aromatic N) is 1. The second-order valence-corrected chi connectivity index (χ2v) is 3.16. The maximum absolute atomic E-state index is 13.0. The molecule has 0 fully saturated rings. The number of H-pyrrole nitrogens is 1. The van der Waals surface area contributed by atoms with Crippen LogP contribution in [0.2, 0.25) is 0 Å². The first-order valence-electron chi connectivity index (χ1n) is 4.36. The van der Waals surface area contributed by atoms with Crippen molar-refractivity contribution in [2.24, 2.45) is 0 Å². The summed E-state index contributed by atoms with van der Waals surface area (Å²) < 4.78 is 25.8. The predicted octanol–water partition coefficient (Wildman–Crippen LogP) is 2.69. The Kier molecular flexibility index (Phi) is 2.40. The van der Waals surface area contributed by atoms with Gasteiger partial charge in [0.05, 0.1) is 4.92 Å². The van der Waals surface area contributed by atoms with Crippen LogP contribution in [0.1, 0.15) is 5.56 Å². The molecule has 0 aliphatic heterocycles. The van der Waals surface area contributed by atoms with E-state index in [-0.39, 0.29) is 0 Å². The average molecular weight is 224 g/mol. The minimum Gasteiger partial charge on any atom is -0.360 e. The molecular weight excluding hydrogens is 218 g/mol. The van der Waals surface area contributed by atoms with E-state index in [1.807, 2.05) is 0 Å². The van der Waals surface area contributed by atoms with Gasteiger partial charge in [-0.2, -0.15) is 0 Å². The number of fused-ring (bicyclic) bond motifs is 1. The van der Waals surface area contributed by atoms with Crippen LogP contribution in [0, 0.1) is 21.7 Å². The number of aromatic amines is 1. The van der Waals surface area contributed by atoms with Crippen LogP contribution in [0.25, 0.3) is 17.0 Å². The molecule has 0 aliphatic rings. The second kappa shape index (κ2) is 3.73. The SMILES string of the molecule is O=[N+]([O-])C=Cc1c[nH]c2cc(F)c(F)cc12. The van der Waals surface area contributed by atoms with Crippen molar-refractivity contribution in [1.29, 1.82) is 0 Å². The molecule has 2 aromatic rings. The fourth-order valence-electron chi connectivity index (χ4n) is 1.42. The summed E-state index contributed by atoms with van der Waals surface area (Å²) in [5.41, 5.74) is 0.826. The number of rotatable bonds is 2. The summed E-state index contributed by atoms with van der Waals surface area (Å²) in [6.07, 6.45) is 3.41. The number of hydrogen-bond donors (Lipinski definition) is 1. The fourth-order valence-corrected chi connectivity index (χ4v) is 1.42. The summed E-state index contributed by atoms with van der Waals surface area (Å²) >= 11 is 0. The Morgan fingerprint density at radius 2 is 2.00 bits per heavy atom. The topological polar surface area (TPSA) is 58.9 Å². The third-order valence-corrected chi connectivity index (χ3v) is 2.13. The number of hydrogen-bond acceptors (Lipinski definition) is 2. The van der Waals surface area contributed by atoms with E-state index in [1.165, 1.54) is 12.3 Å². The van der Waals surface area contributed by atoms with Gasteiger partial charge in [-0.05, 0) is 6.07 Å². The Morgan fingerprint density at radius 1 is 1.31 bits per heavy atom. The Bertz CT molecular complexity index is 590.